The van der Waals surface area contributed by atoms with Gasteiger partial charge in [0.2, 0.25) is 0 Å². The van der Waals surface area contributed by atoms with E-state index in [1.807, 2.05) is 12.1 Å². The quantitative estimate of drug-likeness (QED) is 0.897. The summed E-state index contributed by atoms with van der Waals surface area (Å²) in [7, 11) is 0. The van der Waals surface area contributed by atoms with Crippen molar-refractivity contribution in [2.45, 2.75) is 39.3 Å². The Balaban J connectivity index is 2.20. The lowest BCUT2D eigenvalue weighted by molar-refractivity contribution is 0.0926. The van der Waals surface area contributed by atoms with Gasteiger partial charge in [-0.05, 0) is 37.6 Å². The summed E-state index contributed by atoms with van der Waals surface area (Å²) in [4.78, 5) is 2.14. The molecule has 4 heteroatoms. The molecule has 1 N–H and O–H groups in total. The summed E-state index contributed by atoms with van der Waals surface area (Å²) >= 11 is 0. The van der Waals surface area contributed by atoms with Gasteiger partial charge in [0.05, 0.1) is 24.9 Å². The zero-order valence-electron chi connectivity index (χ0n) is 12.7. The maximum atomic E-state index is 14.4. The van der Waals surface area contributed by atoms with Crippen molar-refractivity contribution in [3.8, 4) is 0 Å². The molecule has 1 aliphatic heterocycles. The molecule has 1 fully saturated rings. The lowest BCUT2D eigenvalue weighted by Gasteiger charge is -2.37. The Morgan fingerprint density at radius 3 is 2.90 bits per heavy atom. The van der Waals surface area contributed by atoms with Gasteiger partial charge in [0.25, 0.3) is 0 Å². The van der Waals surface area contributed by atoms with Crippen molar-refractivity contribution in [1.29, 1.82) is 0 Å². The molecule has 112 valence electrons. The Labute approximate surface area is 121 Å². The molecule has 20 heavy (non-hydrogen) atoms. The number of hydrogen-bond donors (Lipinski definition) is 1. The van der Waals surface area contributed by atoms with Crippen molar-refractivity contribution in [3.63, 3.8) is 0 Å². The molecule has 3 nitrogen and oxygen atoms in total. The van der Waals surface area contributed by atoms with E-state index in [1.54, 1.807) is 6.07 Å². The van der Waals surface area contributed by atoms with E-state index < -0.39 is 0 Å². The normalized spacial score (nSPS) is 21.0. The highest BCUT2D eigenvalue weighted by Crippen LogP contribution is 2.27. The van der Waals surface area contributed by atoms with Crippen LogP contribution in [-0.4, -0.2) is 32.3 Å². The molecule has 1 aromatic rings. The molecule has 0 bridgehead atoms. The van der Waals surface area contributed by atoms with Crippen LogP contribution in [0.3, 0.4) is 0 Å². The van der Waals surface area contributed by atoms with E-state index in [0.717, 1.165) is 25.1 Å². The minimum Gasteiger partial charge on any atom is -0.377 e. The highest BCUT2D eigenvalue weighted by molar-refractivity contribution is 5.51. The predicted molar refractivity (Wildman–Crippen MR) is 80.7 cm³/mol. The molecule has 0 spiro atoms. The molecule has 2 unspecified atom stereocenters. The topological polar surface area (TPSA) is 24.5 Å². The third-order valence-corrected chi connectivity index (χ3v) is 3.99. The number of benzene rings is 1. The lowest BCUT2D eigenvalue weighted by Crippen LogP contribution is -2.45. The minimum absolute atomic E-state index is 0.132. The van der Waals surface area contributed by atoms with Crippen LogP contribution in [0.4, 0.5) is 10.1 Å². The number of halogens is 1. The average molecular weight is 280 g/mol. The maximum absolute atomic E-state index is 14.4. The van der Waals surface area contributed by atoms with Gasteiger partial charge >= 0.3 is 0 Å². The van der Waals surface area contributed by atoms with Gasteiger partial charge in [-0.3, -0.25) is 0 Å². The van der Waals surface area contributed by atoms with E-state index in [-0.39, 0.29) is 17.9 Å². The molecule has 1 aliphatic rings. The zero-order valence-corrected chi connectivity index (χ0v) is 12.7. The number of morpholine rings is 1. The molecule has 1 aromatic carbocycles. The second kappa shape index (κ2) is 7.04. The number of anilines is 1. The first kappa shape index (κ1) is 15.3. The van der Waals surface area contributed by atoms with Crippen molar-refractivity contribution in [2.75, 3.05) is 31.2 Å². The fourth-order valence-electron chi connectivity index (χ4n) is 2.76. The van der Waals surface area contributed by atoms with Gasteiger partial charge in [0.15, 0.2) is 0 Å². The third kappa shape index (κ3) is 3.30. The molecule has 2 rings (SSSR count). The number of nitrogens with one attached hydrogen (secondary N) is 1. The van der Waals surface area contributed by atoms with Crippen LogP contribution in [0, 0.1) is 5.82 Å². The predicted octanol–water partition coefficient (Wildman–Crippen LogP) is 3.11. The van der Waals surface area contributed by atoms with Gasteiger partial charge in [0, 0.05) is 12.6 Å². The Morgan fingerprint density at radius 2 is 2.25 bits per heavy atom. The van der Waals surface area contributed by atoms with Crippen LogP contribution in [0.25, 0.3) is 0 Å². The second-order valence-electron chi connectivity index (χ2n) is 5.32. The van der Waals surface area contributed by atoms with Gasteiger partial charge in [-0.1, -0.05) is 19.9 Å². The van der Waals surface area contributed by atoms with Crippen LogP contribution in [0.1, 0.15) is 38.8 Å². The van der Waals surface area contributed by atoms with E-state index in [2.05, 4.69) is 31.0 Å². The van der Waals surface area contributed by atoms with Crippen LogP contribution in [0.5, 0.6) is 0 Å². The molecule has 1 heterocycles. The summed E-state index contributed by atoms with van der Waals surface area (Å²) in [5, 5.41) is 3.31. The third-order valence-electron chi connectivity index (χ3n) is 3.99. The first-order chi connectivity index (χ1) is 9.67. The molecular weight excluding hydrogens is 255 g/mol. The van der Waals surface area contributed by atoms with Crippen LogP contribution >= 0.6 is 0 Å². The van der Waals surface area contributed by atoms with E-state index in [1.165, 1.54) is 0 Å². The summed E-state index contributed by atoms with van der Waals surface area (Å²) in [5.74, 6) is -0.132. The van der Waals surface area contributed by atoms with E-state index in [0.29, 0.717) is 18.9 Å². The van der Waals surface area contributed by atoms with Gasteiger partial charge in [0.1, 0.15) is 5.82 Å². The fourth-order valence-corrected chi connectivity index (χ4v) is 2.76. The van der Waals surface area contributed by atoms with E-state index in [9.17, 15) is 4.39 Å². The van der Waals surface area contributed by atoms with Crippen LogP contribution in [0.15, 0.2) is 18.2 Å². The number of nitrogens with zero attached hydrogens (tertiary/aromatic N) is 1. The van der Waals surface area contributed by atoms with Crippen molar-refractivity contribution in [1.82, 2.24) is 5.32 Å². The number of rotatable bonds is 5. The highest BCUT2D eigenvalue weighted by Gasteiger charge is 2.24. The van der Waals surface area contributed by atoms with Gasteiger partial charge < -0.3 is 15.0 Å². The fraction of sp³-hybridized carbons (Fsp3) is 0.625. The number of ether oxygens (including phenoxy) is 1. The summed E-state index contributed by atoms with van der Waals surface area (Å²) in [5.41, 5.74) is 1.70. The molecule has 0 aliphatic carbocycles. The second-order valence-corrected chi connectivity index (χ2v) is 5.32. The zero-order chi connectivity index (χ0) is 14.5. The summed E-state index contributed by atoms with van der Waals surface area (Å²) in [6, 6.07) is 6.04. The SMILES string of the molecule is CCNC(C)c1ccc(N2CCOCC2CC)c(F)c1. The van der Waals surface area contributed by atoms with E-state index in [4.69, 9.17) is 4.74 Å². The van der Waals surface area contributed by atoms with E-state index >= 15 is 0 Å². The first-order valence-electron chi connectivity index (χ1n) is 7.54. The van der Waals surface area contributed by atoms with Crippen molar-refractivity contribution >= 4 is 5.69 Å². The number of hydrogen-bond acceptors (Lipinski definition) is 3. The molecule has 1 saturated heterocycles. The summed E-state index contributed by atoms with van der Waals surface area (Å²) in [6.07, 6.45) is 0.967. The smallest absolute Gasteiger partial charge is 0.146 e. The molecule has 0 radical (unpaired) electrons. The molecule has 2 atom stereocenters. The van der Waals surface area contributed by atoms with Crippen molar-refractivity contribution < 1.29 is 9.13 Å². The van der Waals surface area contributed by atoms with Crippen molar-refractivity contribution in [3.05, 3.63) is 29.6 Å². The van der Waals surface area contributed by atoms with Crippen molar-refractivity contribution in [2.24, 2.45) is 0 Å². The summed E-state index contributed by atoms with van der Waals surface area (Å²) < 4.78 is 19.9. The standard InChI is InChI=1S/C16H25FN2O/c1-4-14-11-20-9-8-19(14)16-7-6-13(10-15(16)17)12(3)18-5-2/h6-7,10,12,14,18H,4-5,8-9,11H2,1-3H3. The van der Waals surface area contributed by atoms with Gasteiger partial charge in [-0.2, -0.15) is 0 Å². The largest absolute Gasteiger partial charge is 0.377 e. The molecule has 0 amide bonds. The Kier molecular flexibility index (Phi) is 5.38. The summed E-state index contributed by atoms with van der Waals surface area (Å²) in [6.45, 7) is 9.23. The van der Waals surface area contributed by atoms with Gasteiger partial charge in [-0.15, -0.1) is 0 Å². The highest BCUT2D eigenvalue weighted by atomic mass is 19.1. The Hall–Kier alpha value is -1.13. The monoisotopic (exact) mass is 280 g/mol. The lowest BCUT2D eigenvalue weighted by atomic mass is 10.1. The van der Waals surface area contributed by atoms with Crippen LogP contribution in [-0.2, 0) is 4.74 Å². The Bertz CT molecular complexity index is 438. The minimum atomic E-state index is -0.132. The average Bonchev–Trinajstić information content (AvgIpc) is 2.47. The first-order valence-corrected chi connectivity index (χ1v) is 7.54. The van der Waals surface area contributed by atoms with Crippen LogP contribution in [0.2, 0.25) is 0 Å². The molecule has 0 aromatic heterocycles. The van der Waals surface area contributed by atoms with Crippen LogP contribution < -0.4 is 10.2 Å². The molecule has 0 saturated carbocycles. The van der Waals surface area contributed by atoms with Gasteiger partial charge in [-0.25, -0.2) is 4.39 Å². The Morgan fingerprint density at radius 1 is 1.45 bits per heavy atom. The maximum Gasteiger partial charge on any atom is 0.146 e. The molecular formula is C16H25FN2O.